The molecule has 0 rings (SSSR count). The maximum absolute atomic E-state index is 12.1. The molecule has 0 heterocycles. The van der Waals surface area contributed by atoms with Gasteiger partial charge in [0.15, 0.2) is 0 Å². The van der Waals surface area contributed by atoms with Crippen molar-refractivity contribution in [3.8, 4) is 0 Å². The highest BCUT2D eigenvalue weighted by Gasteiger charge is 2.89. The van der Waals surface area contributed by atoms with Crippen molar-refractivity contribution in [2.45, 2.75) is 8.74 Å². The predicted octanol–water partition coefficient (Wildman–Crippen LogP) is 5.29. The Morgan fingerprint density at radius 1 is 0.769 bits per heavy atom. The zero-order chi connectivity index (χ0) is 11.4. The van der Waals surface area contributed by atoms with Gasteiger partial charge in [0.25, 0.3) is 0 Å². The molecule has 0 aromatic heterocycles. The highest BCUT2D eigenvalue weighted by Crippen LogP contribution is 3.06. The van der Waals surface area contributed by atoms with Crippen molar-refractivity contribution in [1.82, 2.24) is 0 Å². The Morgan fingerprint density at radius 3 is 1.00 bits per heavy atom. The van der Waals surface area contributed by atoms with Gasteiger partial charge in [0.05, 0.1) is 0 Å². The minimum absolute atomic E-state index is 1.14. The first kappa shape index (κ1) is 13.8. The van der Waals surface area contributed by atoms with Gasteiger partial charge < -0.3 is 0 Å². The molecule has 0 spiro atoms. The first-order chi connectivity index (χ1) is 5.00. The average molecular weight is 368 g/mol. The van der Waals surface area contributed by atoms with Gasteiger partial charge in [-0.15, -0.1) is 0 Å². The summed E-state index contributed by atoms with van der Waals surface area (Å²) in [5.74, 6) is 0. The molecule has 0 amide bonds. The third-order valence-corrected chi connectivity index (χ3v) is 3.59. The molecule has 0 radical (unpaired) electrons. The molecule has 0 aliphatic heterocycles. The van der Waals surface area contributed by atoms with Crippen LogP contribution in [0, 0.1) is 0 Å². The van der Waals surface area contributed by atoms with Crippen molar-refractivity contribution in [2.75, 3.05) is 0 Å². The summed E-state index contributed by atoms with van der Waals surface area (Å²) in [6.45, 7) is 0. The maximum Gasteiger partial charge on any atom is 0.433 e. The van der Waals surface area contributed by atoms with Crippen molar-refractivity contribution in [3.05, 3.63) is 0 Å². The molecule has 0 aromatic rings. The van der Waals surface area contributed by atoms with Gasteiger partial charge in [-0.05, 0) is 31.9 Å². The summed E-state index contributed by atoms with van der Waals surface area (Å²) in [7, 11) is -11.2. The Bertz CT molecular complexity index is 219. The lowest BCUT2D eigenvalue weighted by Gasteiger charge is -2.47. The molecule has 84 valence electrons. The molecule has 0 N–H and O–H groups in total. The first-order valence-corrected chi connectivity index (χ1v) is 5.71. The average Bonchev–Trinajstić information content (AvgIpc) is 1.52. The van der Waals surface area contributed by atoms with Crippen LogP contribution < -0.4 is 0 Å². The SMILES string of the molecule is FC(Br)(Br)C(F)(F)S(F)(F)(F)(F)F. The van der Waals surface area contributed by atoms with E-state index in [2.05, 4.69) is 0 Å². The second-order valence-electron chi connectivity index (χ2n) is 1.98. The van der Waals surface area contributed by atoms with E-state index in [0.29, 0.717) is 0 Å². The molecule has 0 unspecified atom stereocenters. The van der Waals surface area contributed by atoms with Gasteiger partial charge in [0.2, 0.25) is 0 Å². The summed E-state index contributed by atoms with van der Waals surface area (Å²) in [5.41, 5.74) is 0. The number of rotatable bonds is 2. The van der Waals surface area contributed by atoms with Crippen LogP contribution in [0.1, 0.15) is 0 Å². The van der Waals surface area contributed by atoms with Crippen LogP contribution in [0.4, 0.5) is 32.6 Å². The molecule has 0 nitrogen and oxygen atoms in total. The van der Waals surface area contributed by atoms with Crippen molar-refractivity contribution >= 4 is 42.1 Å². The summed E-state index contributed by atoms with van der Waals surface area (Å²) in [6.07, 6.45) is 0. The number of alkyl halides is 5. The molecule has 11 heteroatoms. The van der Waals surface area contributed by atoms with Crippen LogP contribution in [0.15, 0.2) is 0 Å². The van der Waals surface area contributed by atoms with Gasteiger partial charge in [-0.1, -0.05) is 19.4 Å². The Morgan fingerprint density at radius 2 is 1.00 bits per heavy atom. The van der Waals surface area contributed by atoms with Gasteiger partial charge in [0.1, 0.15) is 0 Å². The van der Waals surface area contributed by atoms with E-state index in [1.165, 1.54) is 0 Å². The molecule has 0 saturated heterocycles. The zero-order valence-corrected chi connectivity index (χ0v) is 9.18. The lowest BCUT2D eigenvalue weighted by atomic mass is 10.8. The maximum atomic E-state index is 12.1. The standard InChI is InChI=1S/C2Br2F8S/c3-1(4,5)2(6,7)13(8,9,10,11)12. The molecule has 0 aliphatic carbocycles. The van der Waals surface area contributed by atoms with Gasteiger partial charge in [0, 0.05) is 0 Å². The quantitative estimate of drug-likeness (QED) is 0.459. The van der Waals surface area contributed by atoms with Crippen molar-refractivity contribution in [2.24, 2.45) is 0 Å². The van der Waals surface area contributed by atoms with Gasteiger partial charge >= 0.3 is 19.0 Å². The summed E-state index contributed by atoms with van der Waals surface area (Å²) in [4.78, 5) is 0. The molecule has 0 fully saturated rings. The van der Waals surface area contributed by atoms with Crippen LogP contribution >= 0.6 is 42.1 Å². The van der Waals surface area contributed by atoms with Crippen LogP contribution in [0.25, 0.3) is 0 Å². The lowest BCUT2D eigenvalue weighted by molar-refractivity contribution is -0.00481. The molecular formula is C2Br2F8S. The van der Waals surface area contributed by atoms with Crippen molar-refractivity contribution < 1.29 is 32.6 Å². The molecule has 0 aliphatic rings. The fourth-order valence-electron chi connectivity index (χ4n) is 0.219. The van der Waals surface area contributed by atoms with Gasteiger partial charge in [-0.3, -0.25) is 0 Å². The lowest BCUT2D eigenvalue weighted by Crippen LogP contribution is -2.44. The monoisotopic (exact) mass is 366 g/mol. The predicted molar refractivity (Wildman–Crippen MR) is 39.8 cm³/mol. The van der Waals surface area contributed by atoms with Crippen LogP contribution in [-0.4, -0.2) is 8.74 Å². The summed E-state index contributed by atoms with van der Waals surface area (Å²) >= 11 is 2.27. The molecule has 0 bridgehead atoms. The summed E-state index contributed by atoms with van der Waals surface area (Å²) < 4.78 is 88.4. The second-order valence-corrected chi connectivity index (χ2v) is 7.68. The fourth-order valence-corrected chi connectivity index (χ4v) is 2.49. The van der Waals surface area contributed by atoms with Crippen LogP contribution in [-0.2, 0) is 0 Å². The van der Waals surface area contributed by atoms with E-state index in [9.17, 15) is 32.6 Å². The van der Waals surface area contributed by atoms with Crippen LogP contribution in [0.3, 0.4) is 0 Å². The highest BCUT2D eigenvalue weighted by atomic mass is 79.9. The van der Waals surface area contributed by atoms with Crippen molar-refractivity contribution in [3.63, 3.8) is 0 Å². The number of hydrogen-bond acceptors (Lipinski definition) is 0. The van der Waals surface area contributed by atoms with Crippen molar-refractivity contribution in [1.29, 1.82) is 0 Å². The molecule has 0 atom stereocenters. The minimum Gasteiger partial charge on any atom is -0.210 e. The van der Waals surface area contributed by atoms with Gasteiger partial charge in [-0.2, -0.15) is 8.78 Å². The molecule has 13 heavy (non-hydrogen) atoms. The van der Waals surface area contributed by atoms with Crippen LogP contribution in [0.2, 0.25) is 0 Å². The van der Waals surface area contributed by atoms with E-state index >= 15 is 0 Å². The fraction of sp³-hybridized carbons (Fsp3) is 1.00. The topological polar surface area (TPSA) is 0 Å². The van der Waals surface area contributed by atoms with E-state index in [-0.39, 0.29) is 0 Å². The summed E-state index contributed by atoms with van der Waals surface area (Å²) in [5, 5.41) is -6.80. The summed E-state index contributed by atoms with van der Waals surface area (Å²) in [6, 6.07) is 0. The largest absolute Gasteiger partial charge is 0.433 e. The molecule has 0 saturated carbocycles. The number of halogens is 10. The highest BCUT2D eigenvalue weighted by molar-refractivity contribution is 9.25. The van der Waals surface area contributed by atoms with Crippen LogP contribution in [0.5, 0.6) is 0 Å². The zero-order valence-electron chi connectivity index (χ0n) is 5.19. The van der Waals surface area contributed by atoms with E-state index in [0.717, 1.165) is 31.9 Å². The first-order valence-electron chi connectivity index (χ1n) is 2.17. The molecular weight excluding hydrogens is 368 g/mol. The molecule has 0 aromatic carbocycles. The van der Waals surface area contributed by atoms with E-state index in [1.54, 1.807) is 0 Å². The smallest absolute Gasteiger partial charge is 0.210 e. The van der Waals surface area contributed by atoms with E-state index in [4.69, 9.17) is 0 Å². The van der Waals surface area contributed by atoms with E-state index in [1.807, 2.05) is 0 Å². The normalized spacial score (nSPS) is 20.8. The second kappa shape index (κ2) is 2.29. The third kappa shape index (κ3) is 2.41. The minimum atomic E-state index is -11.2. The third-order valence-electron chi connectivity index (χ3n) is 0.814. The Balaban J connectivity index is 5.60. The van der Waals surface area contributed by atoms with E-state index < -0.39 is 19.0 Å². The number of hydrogen-bond donors (Lipinski definition) is 0. The Kier molecular flexibility index (Phi) is 2.42. The Hall–Kier alpha value is 0.750. The Labute approximate surface area is 83.6 Å². The van der Waals surface area contributed by atoms with Gasteiger partial charge in [-0.25, -0.2) is 4.39 Å².